The van der Waals surface area contributed by atoms with E-state index >= 15 is 0 Å². The maximum absolute atomic E-state index is 11.3. The average molecular weight is 286 g/mol. The maximum atomic E-state index is 11.3. The lowest BCUT2D eigenvalue weighted by molar-refractivity contribution is 0.0696. The molecule has 0 spiro atoms. The third-order valence-corrected chi connectivity index (χ3v) is 3.51. The van der Waals surface area contributed by atoms with Crippen LogP contribution in [0.15, 0.2) is 24.4 Å². The molecule has 0 atom stereocenters. The number of imidazole rings is 1. The number of hydrogen-bond donors (Lipinski definition) is 1. The zero-order chi connectivity index (χ0) is 15.4. The fraction of sp³-hybridized carbons (Fsp3) is 0.312. The average Bonchev–Trinajstić information content (AvgIpc) is 2.87. The van der Waals surface area contributed by atoms with Gasteiger partial charge in [0.25, 0.3) is 0 Å². The van der Waals surface area contributed by atoms with Crippen LogP contribution in [0.3, 0.4) is 0 Å². The number of aldehydes is 1. The third kappa shape index (κ3) is 2.86. The van der Waals surface area contributed by atoms with Crippen molar-refractivity contribution in [3.05, 3.63) is 47.0 Å². The van der Waals surface area contributed by atoms with E-state index in [9.17, 15) is 14.7 Å². The van der Waals surface area contributed by atoms with E-state index in [1.807, 2.05) is 6.07 Å². The Hall–Kier alpha value is -2.43. The van der Waals surface area contributed by atoms with Crippen LogP contribution in [0, 0.1) is 6.92 Å². The quantitative estimate of drug-likeness (QED) is 0.828. The summed E-state index contributed by atoms with van der Waals surface area (Å²) < 4.78 is 1.75. The summed E-state index contributed by atoms with van der Waals surface area (Å²) in [7, 11) is 0. The largest absolute Gasteiger partial charge is 0.478 e. The van der Waals surface area contributed by atoms with Gasteiger partial charge in [0.2, 0.25) is 0 Å². The Labute approximate surface area is 123 Å². The van der Waals surface area contributed by atoms with Crippen LogP contribution in [0.5, 0.6) is 0 Å². The molecule has 0 unspecified atom stereocenters. The van der Waals surface area contributed by atoms with Crippen LogP contribution in [0.25, 0.3) is 5.69 Å². The lowest BCUT2D eigenvalue weighted by Crippen LogP contribution is -2.09. The zero-order valence-electron chi connectivity index (χ0n) is 12.2. The standard InChI is InChI=1S/C16H18N2O3/c1-3-4-8-15-17-9-12(10-19)18(15)14-7-5-6-13(11(14)2)16(20)21/h5-7,9-10H,3-4,8H2,1-2H3,(H,20,21). The van der Waals surface area contributed by atoms with Crippen molar-refractivity contribution in [2.24, 2.45) is 0 Å². The molecule has 21 heavy (non-hydrogen) atoms. The second-order valence-corrected chi connectivity index (χ2v) is 4.91. The van der Waals surface area contributed by atoms with Crippen LogP contribution in [0.4, 0.5) is 0 Å². The molecule has 2 aromatic rings. The number of nitrogens with zero attached hydrogens (tertiary/aromatic N) is 2. The normalized spacial score (nSPS) is 10.6. The summed E-state index contributed by atoms with van der Waals surface area (Å²) in [5, 5.41) is 9.23. The van der Waals surface area contributed by atoms with Crippen molar-refractivity contribution < 1.29 is 14.7 Å². The van der Waals surface area contributed by atoms with Gasteiger partial charge in [0, 0.05) is 6.42 Å². The number of carboxylic acids is 1. The smallest absolute Gasteiger partial charge is 0.336 e. The van der Waals surface area contributed by atoms with Gasteiger partial charge in [-0.05, 0) is 31.0 Å². The highest BCUT2D eigenvalue weighted by Crippen LogP contribution is 2.22. The van der Waals surface area contributed by atoms with Crippen molar-refractivity contribution in [1.82, 2.24) is 9.55 Å². The van der Waals surface area contributed by atoms with Gasteiger partial charge in [0.15, 0.2) is 6.29 Å². The molecule has 5 nitrogen and oxygen atoms in total. The van der Waals surface area contributed by atoms with Crippen molar-refractivity contribution in [2.45, 2.75) is 33.1 Å². The number of aryl methyl sites for hydroxylation is 1. The first kappa shape index (κ1) is 15.0. The Kier molecular flexibility index (Phi) is 4.52. The molecule has 0 fully saturated rings. The highest BCUT2D eigenvalue weighted by Gasteiger charge is 2.16. The number of aromatic carboxylic acids is 1. The molecule has 1 heterocycles. The molecule has 0 aliphatic heterocycles. The van der Waals surface area contributed by atoms with Crippen molar-refractivity contribution in [3.8, 4) is 5.69 Å². The van der Waals surface area contributed by atoms with Gasteiger partial charge in [-0.25, -0.2) is 9.78 Å². The van der Waals surface area contributed by atoms with Gasteiger partial charge in [-0.1, -0.05) is 19.4 Å². The summed E-state index contributed by atoms with van der Waals surface area (Å²) >= 11 is 0. The number of carboxylic acid groups (broad SMARTS) is 1. The number of hydrogen-bond acceptors (Lipinski definition) is 3. The van der Waals surface area contributed by atoms with E-state index in [2.05, 4.69) is 11.9 Å². The number of unbranched alkanes of at least 4 members (excludes halogenated alkanes) is 1. The first-order chi connectivity index (χ1) is 10.1. The SMILES string of the molecule is CCCCc1ncc(C=O)n1-c1cccc(C(=O)O)c1C. The summed E-state index contributed by atoms with van der Waals surface area (Å²) in [6.45, 7) is 3.83. The van der Waals surface area contributed by atoms with Crippen molar-refractivity contribution in [2.75, 3.05) is 0 Å². The molecule has 0 aliphatic rings. The second kappa shape index (κ2) is 6.35. The molecule has 0 radical (unpaired) electrons. The molecule has 1 aromatic heterocycles. The second-order valence-electron chi connectivity index (χ2n) is 4.91. The zero-order valence-corrected chi connectivity index (χ0v) is 12.2. The molecule has 110 valence electrons. The highest BCUT2D eigenvalue weighted by atomic mass is 16.4. The predicted octanol–water partition coefficient (Wildman–Crippen LogP) is 3.03. The van der Waals surface area contributed by atoms with Crippen molar-refractivity contribution in [1.29, 1.82) is 0 Å². The van der Waals surface area contributed by atoms with Gasteiger partial charge in [-0.2, -0.15) is 0 Å². The number of carbonyl (C=O) groups is 2. The van der Waals surface area contributed by atoms with Crippen LogP contribution >= 0.6 is 0 Å². The van der Waals surface area contributed by atoms with E-state index in [1.54, 1.807) is 23.6 Å². The summed E-state index contributed by atoms with van der Waals surface area (Å²) in [5.74, 6) is -0.193. The van der Waals surface area contributed by atoms with Gasteiger partial charge >= 0.3 is 5.97 Å². The molecule has 0 bridgehead atoms. The van der Waals surface area contributed by atoms with Crippen LogP contribution < -0.4 is 0 Å². The number of carbonyl (C=O) groups excluding carboxylic acids is 1. The minimum absolute atomic E-state index is 0.236. The molecule has 0 aliphatic carbocycles. The fourth-order valence-corrected chi connectivity index (χ4v) is 2.38. The minimum atomic E-state index is -0.975. The Morgan fingerprint density at radius 3 is 2.81 bits per heavy atom. The van der Waals surface area contributed by atoms with E-state index in [0.29, 0.717) is 16.9 Å². The number of aromatic nitrogens is 2. The lowest BCUT2D eigenvalue weighted by atomic mass is 10.1. The van der Waals surface area contributed by atoms with Gasteiger partial charge in [0.1, 0.15) is 11.5 Å². The Morgan fingerprint density at radius 2 is 2.19 bits per heavy atom. The molecule has 1 aromatic carbocycles. The van der Waals surface area contributed by atoms with Crippen molar-refractivity contribution in [3.63, 3.8) is 0 Å². The Bertz CT molecular complexity index is 674. The van der Waals surface area contributed by atoms with E-state index in [-0.39, 0.29) is 5.56 Å². The monoisotopic (exact) mass is 286 g/mol. The maximum Gasteiger partial charge on any atom is 0.336 e. The molecule has 1 N–H and O–H groups in total. The van der Waals surface area contributed by atoms with Crippen molar-refractivity contribution >= 4 is 12.3 Å². The first-order valence-electron chi connectivity index (χ1n) is 6.95. The molecule has 2 rings (SSSR count). The van der Waals surface area contributed by atoms with Gasteiger partial charge in [-0.3, -0.25) is 9.36 Å². The molecule has 0 amide bonds. The van der Waals surface area contributed by atoms with Crippen LogP contribution in [-0.2, 0) is 6.42 Å². The van der Waals surface area contributed by atoms with Crippen LogP contribution in [0.1, 0.15) is 52.0 Å². The number of benzene rings is 1. The summed E-state index contributed by atoms with van der Waals surface area (Å²) in [6.07, 6.45) is 5.02. The topological polar surface area (TPSA) is 72.2 Å². The summed E-state index contributed by atoms with van der Waals surface area (Å²) in [5.41, 5.74) is 2.00. The van der Waals surface area contributed by atoms with Gasteiger partial charge in [-0.15, -0.1) is 0 Å². The molecular weight excluding hydrogens is 268 g/mol. The summed E-state index contributed by atoms with van der Waals surface area (Å²) in [6, 6.07) is 5.06. The molecular formula is C16H18N2O3. The van der Waals surface area contributed by atoms with E-state index in [1.165, 1.54) is 6.20 Å². The summed E-state index contributed by atoms with van der Waals surface area (Å²) in [4.78, 5) is 26.8. The fourth-order valence-electron chi connectivity index (χ4n) is 2.38. The van der Waals surface area contributed by atoms with Crippen LogP contribution in [-0.4, -0.2) is 26.9 Å². The third-order valence-electron chi connectivity index (χ3n) is 3.51. The molecule has 0 saturated heterocycles. The number of rotatable bonds is 6. The Balaban J connectivity index is 2.60. The first-order valence-corrected chi connectivity index (χ1v) is 6.95. The lowest BCUT2D eigenvalue weighted by Gasteiger charge is -2.14. The van der Waals surface area contributed by atoms with Gasteiger partial charge < -0.3 is 5.11 Å². The Morgan fingerprint density at radius 1 is 1.43 bits per heavy atom. The minimum Gasteiger partial charge on any atom is -0.478 e. The highest BCUT2D eigenvalue weighted by molar-refractivity contribution is 5.90. The molecule has 5 heteroatoms. The van der Waals surface area contributed by atoms with Crippen LogP contribution in [0.2, 0.25) is 0 Å². The predicted molar refractivity (Wildman–Crippen MR) is 79.3 cm³/mol. The van der Waals surface area contributed by atoms with E-state index in [0.717, 1.165) is 31.4 Å². The molecule has 0 saturated carbocycles. The van der Waals surface area contributed by atoms with E-state index < -0.39 is 5.97 Å². The van der Waals surface area contributed by atoms with Gasteiger partial charge in [0.05, 0.1) is 17.4 Å². The van der Waals surface area contributed by atoms with E-state index in [4.69, 9.17) is 0 Å².